The van der Waals surface area contributed by atoms with Crippen molar-refractivity contribution in [2.24, 2.45) is 11.3 Å². The van der Waals surface area contributed by atoms with Crippen molar-refractivity contribution in [3.8, 4) is 0 Å². The predicted molar refractivity (Wildman–Crippen MR) is 77.8 cm³/mol. The normalized spacial score (nSPS) is 23.9. The molecule has 1 aliphatic rings. The molecule has 118 valence electrons. The Morgan fingerprint density at radius 2 is 2.14 bits per heavy atom. The molecule has 0 amide bonds. The molecule has 1 aromatic heterocycles. The van der Waals surface area contributed by atoms with Crippen LogP contribution in [0.2, 0.25) is 0 Å². The maximum atomic E-state index is 11.6. The fourth-order valence-corrected chi connectivity index (χ4v) is 2.76. The molecule has 0 aromatic carbocycles. The lowest BCUT2D eigenvalue weighted by Crippen LogP contribution is -2.39. The summed E-state index contributed by atoms with van der Waals surface area (Å²) >= 11 is 0. The fraction of sp³-hybridized carbons (Fsp3) is 0.800. The number of rotatable bonds is 4. The minimum absolute atomic E-state index is 0.104. The third-order valence-corrected chi connectivity index (χ3v) is 4.41. The number of carboxylic acid groups (broad SMARTS) is 1. The molecule has 21 heavy (non-hydrogen) atoms. The molecule has 0 saturated carbocycles. The van der Waals surface area contributed by atoms with Gasteiger partial charge in [-0.1, -0.05) is 39.8 Å². The Balaban J connectivity index is 2.06. The first-order chi connectivity index (χ1) is 9.65. The molecule has 1 aliphatic heterocycles. The van der Waals surface area contributed by atoms with E-state index in [0.29, 0.717) is 31.2 Å². The zero-order valence-corrected chi connectivity index (χ0v) is 13.5. The number of hydrogen-bond donors (Lipinski definition) is 1. The Morgan fingerprint density at radius 3 is 2.57 bits per heavy atom. The van der Waals surface area contributed by atoms with Gasteiger partial charge in [0.2, 0.25) is 5.89 Å². The van der Waals surface area contributed by atoms with Crippen LogP contribution in [-0.2, 0) is 16.8 Å². The van der Waals surface area contributed by atoms with Gasteiger partial charge in [0.15, 0.2) is 5.82 Å². The van der Waals surface area contributed by atoms with Gasteiger partial charge in [-0.25, -0.2) is 0 Å². The molecule has 0 aliphatic carbocycles. The molecule has 0 spiro atoms. The number of nitrogens with zero attached hydrogens (tertiary/aromatic N) is 3. The van der Waals surface area contributed by atoms with Crippen LogP contribution in [0.25, 0.3) is 0 Å². The zero-order valence-electron chi connectivity index (χ0n) is 13.5. The van der Waals surface area contributed by atoms with E-state index in [0.717, 1.165) is 6.54 Å². The van der Waals surface area contributed by atoms with Crippen LogP contribution in [0.5, 0.6) is 0 Å². The van der Waals surface area contributed by atoms with E-state index in [4.69, 9.17) is 4.52 Å². The summed E-state index contributed by atoms with van der Waals surface area (Å²) in [4.78, 5) is 18.1. The van der Waals surface area contributed by atoms with Crippen LogP contribution in [0.3, 0.4) is 0 Å². The largest absolute Gasteiger partial charge is 0.481 e. The van der Waals surface area contributed by atoms with Gasteiger partial charge < -0.3 is 9.63 Å². The number of carbonyl (C=O) groups is 1. The highest BCUT2D eigenvalue weighted by molar-refractivity contribution is 5.75. The molecule has 0 bridgehead atoms. The topological polar surface area (TPSA) is 79.5 Å². The first kappa shape index (κ1) is 15.9. The van der Waals surface area contributed by atoms with Crippen LogP contribution in [-0.4, -0.2) is 39.2 Å². The van der Waals surface area contributed by atoms with E-state index in [2.05, 4.69) is 15.0 Å². The van der Waals surface area contributed by atoms with Crippen LogP contribution in [0.4, 0.5) is 0 Å². The second-order valence-electron chi connectivity index (χ2n) is 7.34. The highest BCUT2D eigenvalue weighted by atomic mass is 16.5. The van der Waals surface area contributed by atoms with Crippen LogP contribution >= 0.6 is 0 Å². The lowest BCUT2D eigenvalue weighted by atomic mass is 9.76. The Labute approximate surface area is 125 Å². The van der Waals surface area contributed by atoms with Gasteiger partial charge in [0, 0.05) is 12.0 Å². The van der Waals surface area contributed by atoms with Crippen molar-refractivity contribution in [1.29, 1.82) is 0 Å². The molecular formula is C15H25N3O3. The Kier molecular flexibility index (Phi) is 4.10. The standard InChI is InChI=1S/C15H25N3O3/c1-10(2)15(13(19)20)6-7-18(9-15)8-11-16-12(17-21-11)14(3,4)5/h10H,6-9H2,1-5H3,(H,19,20). The molecule has 2 rings (SSSR count). The SMILES string of the molecule is CC(C)C1(C(=O)O)CCN(Cc2nc(C(C)(C)C)no2)C1. The van der Waals surface area contributed by atoms with Gasteiger partial charge in [-0.05, 0) is 18.9 Å². The molecule has 1 N–H and O–H groups in total. The quantitative estimate of drug-likeness (QED) is 0.918. The van der Waals surface area contributed by atoms with E-state index in [1.54, 1.807) is 0 Å². The van der Waals surface area contributed by atoms with Gasteiger partial charge in [-0.3, -0.25) is 9.69 Å². The Hall–Kier alpha value is -1.43. The molecule has 1 atom stereocenters. The fourth-order valence-electron chi connectivity index (χ4n) is 2.76. The summed E-state index contributed by atoms with van der Waals surface area (Å²) in [7, 11) is 0. The summed E-state index contributed by atoms with van der Waals surface area (Å²) in [6.07, 6.45) is 0.667. The monoisotopic (exact) mass is 295 g/mol. The molecule has 1 aromatic rings. The maximum absolute atomic E-state index is 11.6. The second-order valence-corrected chi connectivity index (χ2v) is 7.34. The van der Waals surface area contributed by atoms with Crippen molar-refractivity contribution in [2.45, 2.75) is 53.0 Å². The lowest BCUT2D eigenvalue weighted by Gasteiger charge is -2.28. The van der Waals surface area contributed by atoms with Crippen molar-refractivity contribution in [3.05, 3.63) is 11.7 Å². The molecule has 1 fully saturated rings. The average molecular weight is 295 g/mol. The first-order valence-electron chi connectivity index (χ1n) is 7.44. The summed E-state index contributed by atoms with van der Waals surface area (Å²) in [6, 6.07) is 0. The summed E-state index contributed by atoms with van der Waals surface area (Å²) in [5.74, 6) is 0.642. The average Bonchev–Trinajstić information content (AvgIpc) is 2.96. The van der Waals surface area contributed by atoms with Gasteiger partial charge in [0.25, 0.3) is 0 Å². The molecule has 0 radical (unpaired) electrons. The van der Waals surface area contributed by atoms with Crippen LogP contribution in [0.1, 0.15) is 52.8 Å². The van der Waals surface area contributed by atoms with E-state index in [1.807, 2.05) is 34.6 Å². The van der Waals surface area contributed by atoms with E-state index in [1.165, 1.54) is 0 Å². The van der Waals surface area contributed by atoms with Crippen molar-refractivity contribution < 1.29 is 14.4 Å². The molecule has 1 unspecified atom stereocenters. The molecule has 6 nitrogen and oxygen atoms in total. The molecule has 6 heteroatoms. The number of aromatic nitrogens is 2. The molecular weight excluding hydrogens is 270 g/mol. The van der Waals surface area contributed by atoms with Crippen molar-refractivity contribution in [2.75, 3.05) is 13.1 Å². The Morgan fingerprint density at radius 1 is 1.48 bits per heavy atom. The van der Waals surface area contributed by atoms with Crippen molar-refractivity contribution >= 4 is 5.97 Å². The number of carboxylic acids is 1. The van der Waals surface area contributed by atoms with Crippen LogP contribution in [0, 0.1) is 11.3 Å². The summed E-state index contributed by atoms with van der Waals surface area (Å²) in [5, 5.41) is 13.6. The molecule has 2 heterocycles. The van der Waals surface area contributed by atoms with E-state index < -0.39 is 11.4 Å². The van der Waals surface area contributed by atoms with Gasteiger partial charge in [-0.2, -0.15) is 4.98 Å². The van der Waals surface area contributed by atoms with Gasteiger partial charge in [0.1, 0.15) is 0 Å². The minimum atomic E-state index is -0.707. The number of aliphatic carboxylic acids is 1. The van der Waals surface area contributed by atoms with E-state index in [-0.39, 0.29) is 11.3 Å². The maximum Gasteiger partial charge on any atom is 0.311 e. The second kappa shape index (κ2) is 5.40. The minimum Gasteiger partial charge on any atom is -0.481 e. The predicted octanol–water partition coefficient (Wildman–Crippen LogP) is 2.30. The highest BCUT2D eigenvalue weighted by Gasteiger charge is 2.47. The third kappa shape index (κ3) is 3.10. The highest BCUT2D eigenvalue weighted by Crippen LogP contribution is 2.38. The van der Waals surface area contributed by atoms with Crippen molar-refractivity contribution in [3.63, 3.8) is 0 Å². The summed E-state index contributed by atoms with van der Waals surface area (Å²) in [6.45, 7) is 11.9. The van der Waals surface area contributed by atoms with Gasteiger partial charge >= 0.3 is 5.97 Å². The number of hydrogen-bond acceptors (Lipinski definition) is 5. The third-order valence-electron chi connectivity index (χ3n) is 4.41. The number of likely N-dealkylation sites (tertiary alicyclic amines) is 1. The lowest BCUT2D eigenvalue weighted by molar-refractivity contribution is -0.151. The summed E-state index contributed by atoms with van der Waals surface area (Å²) in [5.41, 5.74) is -0.803. The van der Waals surface area contributed by atoms with Crippen LogP contribution in [0.15, 0.2) is 4.52 Å². The van der Waals surface area contributed by atoms with E-state index in [9.17, 15) is 9.90 Å². The Bertz CT molecular complexity index is 518. The van der Waals surface area contributed by atoms with Crippen LogP contribution < -0.4 is 0 Å². The zero-order chi connectivity index (χ0) is 15.8. The van der Waals surface area contributed by atoms with Gasteiger partial charge in [0.05, 0.1) is 12.0 Å². The smallest absolute Gasteiger partial charge is 0.311 e. The molecule has 1 saturated heterocycles. The van der Waals surface area contributed by atoms with Gasteiger partial charge in [-0.15, -0.1) is 0 Å². The van der Waals surface area contributed by atoms with E-state index >= 15 is 0 Å². The summed E-state index contributed by atoms with van der Waals surface area (Å²) < 4.78 is 5.29. The first-order valence-corrected chi connectivity index (χ1v) is 7.44. The van der Waals surface area contributed by atoms with Crippen molar-refractivity contribution in [1.82, 2.24) is 15.0 Å².